The number of carbonyl (C=O) groups is 1. The van der Waals surface area contributed by atoms with Crippen LogP contribution in [0.2, 0.25) is 0 Å². The maximum absolute atomic E-state index is 13.3. The number of likely N-dealkylation sites (tertiary alicyclic amines) is 1. The number of carbonyl (C=O) groups excluding carboxylic acids is 1. The van der Waals surface area contributed by atoms with Gasteiger partial charge in [-0.05, 0) is 54.2 Å². The molecule has 1 aliphatic heterocycles. The average Bonchev–Trinajstić information content (AvgIpc) is 3.30. The Hall–Kier alpha value is -3.42. The number of methoxy groups -OCH3 is 2. The van der Waals surface area contributed by atoms with Crippen LogP contribution in [0.3, 0.4) is 0 Å². The van der Waals surface area contributed by atoms with Crippen molar-refractivity contribution in [2.24, 2.45) is 5.73 Å². The third kappa shape index (κ3) is 5.84. The summed E-state index contributed by atoms with van der Waals surface area (Å²) >= 11 is 0. The van der Waals surface area contributed by atoms with E-state index in [2.05, 4.69) is 41.0 Å². The van der Waals surface area contributed by atoms with Crippen LogP contribution in [-0.4, -0.2) is 60.3 Å². The molecule has 7 nitrogen and oxygen atoms in total. The molecule has 0 bridgehead atoms. The van der Waals surface area contributed by atoms with Gasteiger partial charge in [-0.2, -0.15) is 0 Å². The first-order chi connectivity index (χ1) is 18.6. The van der Waals surface area contributed by atoms with Crippen molar-refractivity contribution in [3.8, 4) is 5.75 Å². The maximum atomic E-state index is 13.3. The van der Waals surface area contributed by atoms with Gasteiger partial charge in [-0.3, -0.25) is 4.79 Å². The minimum atomic E-state index is -0.213. The standard InChI is InChI=1S/C31H38N4O3/c1-37-16-6-15-35-29-20-27(38-2)12-13-28(29)33-31(35)25-9-5-14-34(21-25)30(36)19-26(32)18-22-10-11-23-7-3-4-8-24(23)17-22/h3-4,7-8,10-13,17,20,25-26H,5-6,9,14-16,18-19,21,32H2,1-2H3. The third-order valence-electron chi connectivity index (χ3n) is 7.60. The van der Waals surface area contributed by atoms with Crippen molar-refractivity contribution >= 4 is 27.7 Å². The lowest BCUT2D eigenvalue weighted by Crippen LogP contribution is -2.42. The van der Waals surface area contributed by atoms with Crippen LogP contribution in [0.15, 0.2) is 60.7 Å². The Morgan fingerprint density at radius 2 is 1.95 bits per heavy atom. The van der Waals surface area contributed by atoms with E-state index in [9.17, 15) is 4.79 Å². The fourth-order valence-corrected chi connectivity index (χ4v) is 5.67. The van der Waals surface area contributed by atoms with Crippen LogP contribution >= 0.6 is 0 Å². The molecule has 2 atom stereocenters. The molecular formula is C31H38N4O3. The first-order valence-corrected chi connectivity index (χ1v) is 13.6. The zero-order valence-corrected chi connectivity index (χ0v) is 22.4. The molecule has 4 aromatic rings. The van der Waals surface area contributed by atoms with Crippen LogP contribution in [0.25, 0.3) is 21.8 Å². The number of benzene rings is 3. The summed E-state index contributed by atoms with van der Waals surface area (Å²) in [5.41, 5.74) is 9.68. The monoisotopic (exact) mass is 514 g/mol. The molecule has 1 fully saturated rings. The maximum Gasteiger partial charge on any atom is 0.224 e. The van der Waals surface area contributed by atoms with E-state index in [1.54, 1.807) is 14.2 Å². The molecule has 0 spiro atoms. The number of imidazole rings is 1. The van der Waals surface area contributed by atoms with Crippen LogP contribution in [-0.2, 0) is 22.5 Å². The molecule has 3 aromatic carbocycles. The predicted octanol–water partition coefficient (Wildman–Crippen LogP) is 4.90. The molecule has 5 rings (SSSR count). The molecule has 0 radical (unpaired) electrons. The first kappa shape index (κ1) is 26.2. The van der Waals surface area contributed by atoms with Crippen molar-refractivity contribution in [1.29, 1.82) is 0 Å². The second-order valence-corrected chi connectivity index (χ2v) is 10.4. The molecule has 2 unspecified atom stereocenters. The van der Waals surface area contributed by atoms with Gasteiger partial charge in [0, 0.05) is 57.8 Å². The van der Waals surface area contributed by atoms with E-state index < -0.39 is 0 Å². The second kappa shape index (κ2) is 12.0. The fraction of sp³-hybridized carbons (Fsp3) is 0.419. The van der Waals surface area contributed by atoms with E-state index in [1.165, 1.54) is 16.3 Å². The highest BCUT2D eigenvalue weighted by Gasteiger charge is 2.29. The Morgan fingerprint density at radius 1 is 1.11 bits per heavy atom. The van der Waals surface area contributed by atoms with Gasteiger partial charge in [-0.1, -0.05) is 42.5 Å². The first-order valence-electron chi connectivity index (χ1n) is 13.6. The lowest BCUT2D eigenvalue weighted by atomic mass is 9.95. The average molecular weight is 515 g/mol. The van der Waals surface area contributed by atoms with E-state index in [0.29, 0.717) is 26.0 Å². The van der Waals surface area contributed by atoms with Crippen LogP contribution in [0.4, 0.5) is 0 Å². The smallest absolute Gasteiger partial charge is 0.224 e. The van der Waals surface area contributed by atoms with E-state index in [4.69, 9.17) is 20.2 Å². The van der Waals surface area contributed by atoms with Crippen molar-refractivity contribution in [2.75, 3.05) is 33.9 Å². The Labute approximate surface area is 224 Å². The SMILES string of the molecule is COCCCn1c(C2CCCN(C(=O)CC(N)Cc3ccc4ccccc4c3)C2)nc2ccc(OC)cc21. The number of nitrogens with two attached hydrogens (primary N) is 1. The number of aryl methyl sites for hydroxylation is 1. The highest BCUT2D eigenvalue weighted by atomic mass is 16.5. The highest BCUT2D eigenvalue weighted by Crippen LogP contribution is 2.31. The van der Waals surface area contributed by atoms with Gasteiger partial charge in [0.25, 0.3) is 0 Å². The van der Waals surface area contributed by atoms with Gasteiger partial charge in [0.2, 0.25) is 5.91 Å². The topological polar surface area (TPSA) is 82.6 Å². The predicted molar refractivity (Wildman–Crippen MR) is 152 cm³/mol. The highest BCUT2D eigenvalue weighted by molar-refractivity contribution is 5.83. The lowest BCUT2D eigenvalue weighted by molar-refractivity contribution is -0.132. The van der Waals surface area contributed by atoms with Crippen LogP contribution in [0, 0.1) is 0 Å². The largest absolute Gasteiger partial charge is 0.497 e. The Kier molecular flexibility index (Phi) is 8.25. The van der Waals surface area contributed by atoms with E-state index >= 15 is 0 Å². The number of hydrogen-bond acceptors (Lipinski definition) is 5. The van der Waals surface area contributed by atoms with E-state index in [-0.39, 0.29) is 17.9 Å². The summed E-state index contributed by atoms with van der Waals surface area (Å²) in [6.45, 7) is 2.95. The van der Waals surface area contributed by atoms with Crippen molar-refractivity contribution in [1.82, 2.24) is 14.5 Å². The number of nitrogens with zero attached hydrogens (tertiary/aromatic N) is 3. The second-order valence-electron chi connectivity index (χ2n) is 10.4. The van der Waals surface area contributed by atoms with Crippen molar-refractivity contribution in [3.63, 3.8) is 0 Å². The Balaban J connectivity index is 1.28. The zero-order valence-electron chi connectivity index (χ0n) is 22.4. The van der Waals surface area contributed by atoms with Crippen molar-refractivity contribution in [3.05, 3.63) is 72.1 Å². The molecule has 2 N–H and O–H groups in total. The van der Waals surface area contributed by atoms with Gasteiger partial charge in [0.15, 0.2) is 0 Å². The van der Waals surface area contributed by atoms with Crippen LogP contribution in [0.1, 0.15) is 43.0 Å². The molecule has 7 heteroatoms. The Bertz CT molecular complexity index is 1400. The molecular weight excluding hydrogens is 476 g/mol. The number of amides is 1. The fourth-order valence-electron chi connectivity index (χ4n) is 5.67. The molecule has 1 aromatic heterocycles. The molecule has 0 aliphatic carbocycles. The van der Waals surface area contributed by atoms with Gasteiger partial charge >= 0.3 is 0 Å². The summed E-state index contributed by atoms with van der Waals surface area (Å²) in [5, 5.41) is 2.42. The third-order valence-corrected chi connectivity index (χ3v) is 7.60. The molecule has 200 valence electrons. The summed E-state index contributed by atoms with van der Waals surface area (Å²) in [7, 11) is 3.41. The minimum absolute atomic E-state index is 0.131. The molecule has 0 saturated carbocycles. The summed E-state index contributed by atoms with van der Waals surface area (Å²) in [6.07, 6.45) is 3.90. The van der Waals surface area contributed by atoms with Crippen LogP contribution in [0.5, 0.6) is 5.75 Å². The van der Waals surface area contributed by atoms with Gasteiger partial charge in [0.1, 0.15) is 11.6 Å². The molecule has 38 heavy (non-hydrogen) atoms. The van der Waals surface area contributed by atoms with Gasteiger partial charge in [0.05, 0.1) is 18.1 Å². The number of ether oxygens (including phenoxy) is 2. The summed E-state index contributed by atoms with van der Waals surface area (Å²) in [6, 6.07) is 20.5. The molecule has 1 amide bonds. The van der Waals surface area contributed by atoms with Gasteiger partial charge in [-0.15, -0.1) is 0 Å². The zero-order chi connectivity index (χ0) is 26.5. The lowest BCUT2D eigenvalue weighted by Gasteiger charge is -2.33. The molecule has 1 saturated heterocycles. The number of hydrogen-bond donors (Lipinski definition) is 1. The normalized spacial score (nSPS) is 16.7. The number of rotatable bonds is 10. The van der Waals surface area contributed by atoms with E-state index in [0.717, 1.165) is 55.0 Å². The number of aromatic nitrogens is 2. The van der Waals surface area contributed by atoms with Crippen molar-refractivity contribution in [2.45, 2.75) is 50.6 Å². The summed E-state index contributed by atoms with van der Waals surface area (Å²) in [4.78, 5) is 20.3. The molecule has 1 aliphatic rings. The van der Waals surface area contributed by atoms with E-state index in [1.807, 2.05) is 29.2 Å². The van der Waals surface area contributed by atoms with Gasteiger partial charge < -0.3 is 24.7 Å². The summed E-state index contributed by atoms with van der Waals surface area (Å²) in [5.74, 6) is 2.18. The quantitative estimate of drug-likeness (QED) is 0.304. The van der Waals surface area contributed by atoms with Crippen molar-refractivity contribution < 1.29 is 14.3 Å². The van der Waals surface area contributed by atoms with Crippen LogP contribution < -0.4 is 10.5 Å². The summed E-state index contributed by atoms with van der Waals surface area (Å²) < 4.78 is 13.1. The number of fused-ring (bicyclic) bond motifs is 2. The molecule has 2 heterocycles. The Morgan fingerprint density at radius 3 is 2.76 bits per heavy atom. The number of piperidine rings is 1. The van der Waals surface area contributed by atoms with Gasteiger partial charge in [-0.25, -0.2) is 4.98 Å². The minimum Gasteiger partial charge on any atom is -0.497 e.